The lowest BCUT2D eigenvalue weighted by Crippen LogP contribution is -2.03. The molecule has 1 nitrogen and oxygen atoms in total. The Hall–Kier alpha value is -1.62. The normalized spacial score (nSPS) is 10.5. The van der Waals surface area contributed by atoms with Gasteiger partial charge in [0.2, 0.25) is 0 Å². The second kappa shape index (κ2) is 6.02. The van der Waals surface area contributed by atoms with Crippen LogP contribution in [0.3, 0.4) is 0 Å². The number of anilines is 1. The molecule has 0 spiro atoms. The van der Waals surface area contributed by atoms with E-state index in [0.29, 0.717) is 6.07 Å². The van der Waals surface area contributed by atoms with Gasteiger partial charge in [0.15, 0.2) is 11.6 Å². The van der Waals surface area contributed by atoms with Crippen LogP contribution in [0.15, 0.2) is 41.3 Å². The molecule has 19 heavy (non-hydrogen) atoms. The largest absolute Gasteiger partial charge is 0.381 e. The van der Waals surface area contributed by atoms with Crippen LogP contribution in [0.25, 0.3) is 0 Å². The van der Waals surface area contributed by atoms with E-state index in [1.165, 1.54) is 0 Å². The van der Waals surface area contributed by atoms with E-state index in [0.717, 1.165) is 16.6 Å². The molecule has 0 unspecified atom stereocenters. The zero-order valence-electron chi connectivity index (χ0n) is 10.2. The van der Waals surface area contributed by atoms with Gasteiger partial charge in [-0.2, -0.15) is 0 Å². The first kappa shape index (κ1) is 13.8. The Morgan fingerprint density at radius 3 is 2.47 bits per heavy atom. The van der Waals surface area contributed by atoms with Gasteiger partial charge < -0.3 is 5.32 Å². The lowest BCUT2D eigenvalue weighted by molar-refractivity contribution is 0.490. The van der Waals surface area contributed by atoms with Gasteiger partial charge >= 0.3 is 0 Å². The first-order valence-corrected chi connectivity index (χ1v) is 6.84. The highest BCUT2D eigenvalue weighted by Crippen LogP contribution is 2.20. The van der Waals surface area contributed by atoms with E-state index in [1.807, 2.05) is 30.5 Å². The van der Waals surface area contributed by atoms with Crippen molar-refractivity contribution in [2.24, 2.45) is 0 Å². The Labute approximate surface area is 113 Å². The molecule has 1 N–H and O–H groups in total. The molecule has 0 saturated carbocycles. The van der Waals surface area contributed by atoms with Gasteiger partial charge in [-0.15, -0.1) is 11.8 Å². The van der Waals surface area contributed by atoms with Crippen LogP contribution in [-0.4, -0.2) is 6.26 Å². The second-order valence-electron chi connectivity index (χ2n) is 3.94. The van der Waals surface area contributed by atoms with Crippen molar-refractivity contribution in [3.63, 3.8) is 0 Å². The molecule has 0 amide bonds. The molecule has 2 rings (SSSR count). The molecular weight excluding hydrogens is 271 g/mol. The maximum atomic E-state index is 13.4. The lowest BCUT2D eigenvalue weighted by Gasteiger charge is -2.09. The summed E-state index contributed by atoms with van der Waals surface area (Å²) in [6, 6.07) is 8.99. The van der Waals surface area contributed by atoms with Crippen molar-refractivity contribution in [1.29, 1.82) is 0 Å². The summed E-state index contributed by atoms with van der Waals surface area (Å²) in [7, 11) is 0. The van der Waals surface area contributed by atoms with Crippen LogP contribution in [0.5, 0.6) is 0 Å². The quantitative estimate of drug-likeness (QED) is 0.657. The summed E-state index contributed by atoms with van der Waals surface area (Å²) >= 11 is 1.59. The third-order valence-corrected chi connectivity index (χ3v) is 3.37. The predicted molar refractivity (Wildman–Crippen MR) is 71.9 cm³/mol. The van der Waals surface area contributed by atoms with Gasteiger partial charge in [-0.05, 0) is 30.5 Å². The summed E-state index contributed by atoms with van der Waals surface area (Å²) in [5, 5.41) is 2.98. The van der Waals surface area contributed by atoms with E-state index in [9.17, 15) is 13.2 Å². The number of thioether (sulfide) groups is 1. The number of nitrogens with one attached hydrogen (secondary N) is 1. The third-order valence-electron chi connectivity index (χ3n) is 2.64. The van der Waals surface area contributed by atoms with Gasteiger partial charge in [0.25, 0.3) is 0 Å². The van der Waals surface area contributed by atoms with E-state index in [2.05, 4.69) is 5.32 Å². The molecule has 0 aliphatic heterocycles. The molecule has 0 heterocycles. The molecule has 0 aliphatic rings. The summed E-state index contributed by atoms with van der Waals surface area (Å²) in [6.07, 6.45) is 1.95. The van der Waals surface area contributed by atoms with Crippen LogP contribution in [-0.2, 0) is 6.54 Å². The number of hydrogen-bond donors (Lipinski definition) is 1. The minimum atomic E-state index is -1.18. The van der Waals surface area contributed by atoms with E-state index in [4.69, 9.17) is 0 Å². The Bertz CT molecular complexity index is 587. The second-order valence-corrected chi connectivity index (χ2v) is 4.82. The zero-order valence-corrected chi connectivity index (χ0v) is 11.0. The average Bonchev–Trinajstić information content (AvgIpc) is 2.41. The standard InChI is InChI=1S/C14H12F3NS/c1-19-11-4-2-3-10(6-11)18-8-9-5-13(16)14(17)7-12(9)15/h2-7,18H,8H2,1H3. The highest BCUT2D eigenvalue weighted by atomic mass is 32.2. The first-order valence-electron chi connectivity index (χ1n) is 5.61. The fraction of sp³-hybridized carbons (Fsp3) is 0.143. The Kier molecular flexibility index (Phi) is 4.37. The maximum absolute atomic E-state index is 13.4. The summed E-state index contributed by atoms with van der Waals surface area (Å²) in [6.45, 7) is 0.0981. The smallest absolute Gasteiger partial charge is 0.161 e. The van der Waals surface area contributed by atoms with Crippen LogP contribution >= 0.6 is 11.8 Å². The van der Waals surface area contributed by atoms with Crippen molar-refractivity contribution in [3.8, 4) is 0 Å². The Morgan fingerprint density at radius 2 is 1.74 bits per heavy atom. The van der Waals surface area contributed by atoms with Crippen LogP contribution in [0.2, 0.25) is 0 Å². The molecule has 2 aromatic carbocycles. The highest BCUT2D eigenvalue weighted by Gasteiger charge is 2.09. The lowest BCUT2D eigenvalue weighted by atomic mass is 10.2. The van der Waals surface area contributed by atoms with E-state index < -0.39 is 17.5 Å². The molecule has 100 valence electrons. The highest BCUT2D eigenvalue weighted by molar-refractivity contribution is 7.98. The minimum absolute atomic E-state index is 0.0912. The van der Waals surface area contributed by atoms with Gasteiger partial charge in [-0.1, -0.05) is 6.07 Å². The Morgan fingerprint density at radius 1 is 1.00 bits per heavy atom. The van der Waals surface area contributed by atoms with Gasteiger partial charge in [0, 0.05) is 28.8 Å². The van der Waals surface area contributed by atoms with Crippen LogP contribution in [0, 0.1) is 17.5 Å². The van der Waals surface area contributed by atoms with Gasteiger partial charge in [-0.3, -0.25) is 0 Å². The summed E-state index contributed by atoms with van der Waals surface area (Å²) in [5.41, 5.74) is 0.893. The van der Waals surface area contributed by atoms with E-state index in [1.54, 1.807) is 11.8 Å². The van der Waals surface area contributed by atoms with Crippen LogP contribution < -0.4 is 5.32 Å². The van der Waals surface area contributed by atoms with Crippen LogP contribution in [0.1, 0.15) is 5.56 Å². The predicted octanol–water partition coefficient (Wildman–Crippen LogP) is 4.44. The minimum Gasteiger partial charge on any atom is -0.381 e. The monoisotopic (exact) mass is 283 g/mol. The number of halogens is 3. The van der Waals surface area contributed by atoms with Crippen molar-refractivity contribution in [1.82, 2.24) is 0 Å². The van der Waals surface area contributed by atoms with Gasteiger partial charge in [0.05, 0.1) is 0 Å². The Balaban J connectivity index is 2.12. The fourth-order valence-electron chi connectivity index (χ4n) is 1.63. The summed E-state index contributed by atoms with van der Waals surface area (Å²) in [5.74, 6) is -2.98. The molecule has 0 fully saturated rings. The molecule has 0 atom stereocenters. The molecule has 2 aromatic rings. The maximum Gasteiger partial charge on any atom is 0.161 e. The summed E-state index contributed by atoms with van der Waals surface area (Å²) in [4.78, 5) is 1.07. The molecule has 5 heteroatoms. The topological polar surface area (TPSA) is 12.0 Å². The first-order chi connectivity index (χ1) is 9.10. The molecule has 0 saturated heterocycles. The van der Waals surface area contributed by atoms with Crippen molar-refractivity contribution >= 4 is 17.4 Å². The molecule has 0 bridgehead atoms. The van der Waals surface area contributed by atoms with Crippen molar-refractivity contribution in [3.05, 3.63) is 59.4 Å². The molecule has 0 radical (unpaired) electrons. The molecular formula is C14H12F3NS. The zero-order chi connectivity index (χ0) is 13.8. The fourth-order valence-corrected chi connectivity index (χ4v) is 2.09. The van der Waals surface area contributed by atoms with E-state index >= 15 is 0 Å². The van der Waals surface area contributed by atoms with Crippen molar-refractivity contribution in [2.75, 3.05) is 11.6 Å². The van der Waals surface area contributed by atoms with E-state index in [-0.39, 0.29) is 12.1 Å². The van der Waals surface area contributed by atoms with Crippen LogP contribution in [0.4, 0.5) is 18.9 Å². The van der Waals surface area contributed by atoms with Crippen molar-refractivity contribution < 1.29 is 13.2 Å². The van der Waals surface area contributed by atoms with Gasteiger partial charge in [-0.25, -0.2) is 13.2 Å². The number of rotatable bonds is 4. The number of benzene rings is 2. The third kappa shape index (κ3) is 3.44. The SMILES string of the molecule is CSc1cccc(NCc2cc(F)c(F)cc2F)c1. The summed E-state index contributed by atoms with van der Waals surface area (Å²) < 4.78 is 39.2. The average molecular weight is 283 g/mol. The number of hydrogen-bond acceptors (Lipinski definition) is 2. The van der Waals surface area contributed by atoms with Crippen molar-refractivity contribution in [2.45, 2.75) is 11.4 Å². The molecule has 0 aromatic heterocycles. The van der Waals surface area contributed by atoms with Gasteiger partial charge in [0.1, 0.15) is 5.82 Å². The molecule has 0 aliphatic carbocycles.